The molecule has 0 radical (unpaired) electrons. The molecule has 0 saturated carbocycles. The minimum absolute atomic E-state index is 0.0135. The van der Waals surface area contributed by atoms with Crippen LogP contribution in [-0.2, 0) is 4.79 Å². The first-order chi connectivity index (χ1) is 9.08. The number of nitrogens with one attached hydrogen (secondary N) is 2. The van der Waals surface area contributed by atoms with Crippen LogP contribution in [0.25, 0.3) is 0 Å². The first-order valence-electron chi connectivity index (χ1n) is 7.83. The number of rotatable bonds is 5. The van der Waals surface area contributed by atoms with Crippen molar-refractivity contribution in [2.45, 2.75) is 52.1 Å². The molecule has 0 aromatic rings. The number of piperidine rings is 1. The highest BCUT2D eigenvalue weighted by atomic mass is 16.2. The van der Waals surface area contributed by atoms with Gasteiger partial charge in [-0.25, -0.2) is 0 Å². The van der Waals surface area contributed by atoms with E-state index in [9.17, 15) is 4.79 Å². The van der Waals surface area contributed by atoms with E-state index >= 15 is 0 Å². The molecular formula is C15H29N3O. The molecule has 2 rings (SSSR count). The quantitative estimate of drug-likeness (QED) is 0.787. The van der Waals surface area contributed by atoms with E-state index in [1.165, 1.54) is 12.8 Å². The number of carbonyl (C=O) groups is 1. The zero-order valence-corrected chi connectivity index (χ0v) is 12.6. The molecule has 0 aromatic heterocycles. The topological polar surface area (TPSA) is 44.4 Å². The van der Waals surface area contributed by atoms with E-state index in [0.717, 1.165) is 38.5 Å². The third-order valence-electron chi connectivity index (χ3n) is 4.58. The molecule has 2 aliphatic heterocycles. The predicted molar refractivity (Wildman–Crippen MR) is 78.0 cm³/mol. The van der Waals surface area contributed by atoms with Crippen LogP contribution in [0, 0.1) is 11.8 Å². The van der Waals surface area contributed by atoms with Crippen LogP contribution in [0.3, 0.4) is 0 Å². The highest BCUT2D eigenvalue weighted by Crippen LogP contribution is 2.26. The van der Waals surface area contributed by atoms with E-state index in [4.69, 9.17) is 0 Å². The summed E-state index contributed by atoms with van der Waals surface area (Å²) in [6.07, 6.45) is 3.66. The largest absolute Gasteiger partial charge is 0.355 e. The second kappa shape index (κ2) is 6.71. The monoisotopic (exact) mass is 267 g/mol. The highest BCUT2D eigenvalue weighted by Gasteiger charge is 2.37. The van der Waals surface area contributed by atoms with E-state index in [2.05, 4.69) is 29.4 Å². The van der Waals surface area contributed by atoms with E-state index in [1.807, 2.05) is 6.92 Å². The van der Waals surface area contributed by atoms with Gasteiger partial charge in [-0.15, -0.1) is 0 Å². The summed E-state index contributed by atoms with van der Waals surface area (Å²) >= 11 is 0. The molecule has 4 nitrogen and oxygen atoms in total. The predicted octanol–water partition coefficient (Wildman–Crippen LogP) is 1.22. The van der Waals surface area contributed by atoms with Gasteiger partial charge in [0.1, 0.15) is 0 Å². The Morgan fingerprint density at radius 2 is 2.16 bits per heavy atom. The zero-order valence-electron chi connectivity index (χ0n) is 12.6. The van der Waals surface area contributed by atoms with Crippen LogP contribution in [0.5, 0.6) is 0 Å². The van der Waals surface area contributed by atoms with Gasteiger partial charge in [0.15, 0.2) is 0 Å². The maximum atomic E-state index is 12.1. The summed E-state index contributed by atoms with van der Waals surface area (Å²) in [5.74, 6) is 1.59. The fourth-order valence-corrected chi connectivity index (χ4v) is 3.19. The van der Waals surface area contributed by atoms with Gasteiger partial charge in [-0.2, -0.15) is 0 Å². The van der Waals surface area contributed by atoms with E-state index in [-0.39, 0.29) is 11.9 Å². The molecule has 0 aliphatic carbocycles. The number of amides is 1. The van der Waals surface area contributed by atoms with Gasteiger partial charge in [0.25, 0.3) is 0 Å². The lowest BCUT2D eigenvalue weighted by molar-refractivity contribution is -0.125. The number of hydrogen-bond acceptors (Lipinski definition) is 3. The van der Waals surface area contributed by atoms with Crippen LogP contribution in [0.2, 0.25) is 0 Å². The van der Waals surface area contributed by atoms with Crippen molar-refractivity contribution in [1.82, 2.24) is 15.5 Å². The van der Waals surface area contributed by atoms with Crippen molar-refractivity contribution >= 4 is 5.91 Å². The third kappa shape index (κ3) is 3.93. The lowest BCUT2D eigenvalue weighted by Gasteiger charge is -2.25. The Kier molecular flexibility index (Phi) is 5.22. The summed E-state index contributed by atoms with van der Waals surface area (Å²) in [4.78, 5) is 14.5. The average molecular weight is 267 g/mol. The van der Waals surface area contributed by atoms with Gasteiger partial charge in [0, 0.05) is 25.7 Å². The number of hydrogen-bond donors (Lipinski definition) is 2. The Bertz CT molecular complexity index is 292. The maximum Gasteiger partial charge on any atom is 0.237 e. The summed E-state index contributed by atoms with van der Waals surface area (Å²) < 4.78 is 0. The van der Waals surface area contributed by atoms with Gasteiger partial charge in [0.2, 0.25) is 5.91 Å². The van der Waals surface area contributed by atoms with E-state index in [1.54, 1.807) is 0 Å². The molecule has 1 unspecified atom stereocenters. The summed E-state index contributed by atoms with van der Waals surface area (Å²) in [6, 6.07) is 0.624. The SMILES string of the molecule is CC(C)CCNC(=O)C(C)N1C[C@@H]2CCCN[C@@H]2C1. The Labute approximate surface area is 117 Å². The van der Waals surface area contributed by atoms with Crippen LogP contribution in [-0.4, -0.2) is 49.1 Å². The molecule has 2 saturated heterocycles. The van der Waals surface area contributed by atoms with E-state index < -0.39 is 0 Å². The summed E-state index contributed by atoms with van der Waals surface area (Å²) in [5.41, 5.74) is 0. The Hall–Kier alpha value is -0.610. The minimum Gasteiger partial charge on any atom is -0.355 e. The van der Waals surface area contributed by atoms with Crippen LogP contribution in [0.15, 0.2) is 0 Å². The van der Waals surface area contributed by atoms with Gasteiger partial charge in [-0.3, -0.25) is 9.69 Å². The Balaban J connectivity index is 1.76. The second-order valence-electron chi connectivity index (χ2n) is 6.57. The molecule has 110 valence electrons. The Morgan fingerprint density at radius 3 is 2.84 bits per heavy atom. The minimum atomic E-state index is 0.0135. The molecule has 2 N–H and O–H groups in total. The number of likely N-dealkylation sites (tertiary alicyclic amines) is 1. The van der Waals surface area contributed by atoms with Crippen molar-refractivity contribution < 1.29 is 4.79 Å². The zero-order chi connectivity index (χ0) is 13.8. The molecular weight excluding hydrogens is 238 g/mol. The van der Waals surface area contributed by atoms with Gasteiger partial charge in [-0.1, -0.05) is 13.8 Å². The fourth-order valence-electron chi connectivity index (χ4n) is 3.19. The van der Waals surface area contributed by atoms with Crippen LogP contribution in [0.4, 0.5) is 0 Å². The molecule has 0 bridgehead atoms. The molecule has 2 aliphatic rings. The lowest BCUT2D eigenvalue weighted by Crippen LogP contribution is -2.45. The molecule has 2 heterocycles. The van der Waals surface area contributed by atoms with Crippen LogP contribution in [0.1, 0.15) is 40.0 Å². The van der Waals surface area contributed by atoms with Gasteiger partial charge < -0.3 is 10.6 Å². The first-order valence-corrected chi connectivity index (χ1v) is 7.83. The third-order valence-corrected chi connectivity index (χ3v) is 4.58. The molecule has 2 fully saturated rings. The number of fused-ring (bicyclic) bond motifs is 1. The summed E-state index contributed by atoms with van der Waals surface area (Å²) in [7, 11) is 0. The summed E-state index contributed by atoms with van der Waals surface area (Å²) in [5, 5.41) is 6.66. The lowest BCUT2D eigenvalue weighted by atomic mass is 9.94. The van der Waals surface area contributed by atoms with Crippen LogP contribution >= 0.6 is 0 Å². The van der Waals surface area contributed by atoms with E-state index in [0.29, 0.717) is 12.0 Å². The summed E-state index contributed by atoms with van der Waals surface area (Å²) in [6.45, 7) is 10.5. The number of nitrogens with zero attached hydrogens (tertiary/aromatic N) is 1. The van der Waals surface area contributed by atoms with Crippen molar-refractivity contribution in [2.75, 3.05) is 26.2 Å². The van der Waals surface area contributed by atoms with Crippen LogP contribution < -0.4 is 10.6 Å². The maximum absolute atomic E-state index is 12.1. The molecule has 0 spiro atoms. The molecule has 19 heavy (non-hydrogen) atoms. The van der Waals surface area contributed by atoms with Crippen molar-refractivity contribution in [3.8, 4) is 0 Å². The molecule has 1 amide bonds. The average Bonchev–Trinajstić information content (AvgIpc) is 2.80. The smallest absolute Gasteiger partial charge is 0.237 e. The Morgan fingerprint density at radius 1 is 1.37 bits per heavy atom. The number of carbonyl (C=O) groups excluding carboxylic acids is 1. The van der Waals surface area contributed by atoms with Gasteiger partial charge in [-0.05, 0) is 44.6 Å². The van der Waals surface area contributed by atoms with Gasteiger partial charge in [0.05, 0.1) is 6.04 Å². The normalized spacial score (nSPS) is 29.3. The molecule has 0 aromatic carbocycles. The highest BCUT2D eigenvalue weighted by molar-refractivity contribution is 5.81. The molecule has 4 heteroatoms. The first kappa shape index (κ1) is 14.8. The molecule has 3 atom stereocenters. The standard InChI is InChI=1S/C15H29N3O/c1-11(2)6-8-17-15(19)12(3)18-9-13-5-4-7-16-14(13)10-18/h11-14,16H,4-10H2,1-3H3,(H,17,19)/t12?,13-,14+/m0/s1. The van der Waals surface area contributed by atoms with Gasteiger partial charge >= 0.3 is 0 Å². The van der Waals surface area contributed by atoms with Crippen molar-refractivity contribution in [3.05, 3.63) is 0 Å². The van der Waals surface area contributed by atoms with Crippen molar-refractivity contribution in [2.24, 2.45) is 11.8 Å². The fraction of sp³-hybridized carbons (Fsp3) is 0.933. The van der Waals surface area contributed by atoms with Crippen molar-refractivity contribution in [3.63, 3.8) is 0 Å². The second-order valence-corrected chi connectivity index (χ2v) is 6.57. The van der Waals surface area contributed by atoms with Crippen molar-refractivity contribution in [1.29, 1.82) is 0 Å².